The van der Waals surface area contributed by atoms with Crippen molar-refractivity contribution in [2.24, 2.45) is 15.9 Å². The molecule has 2 aliphatic carbocycles. The summed E-state index contributed by atoms with van der Waals surface area (Å²) in [7, 11) is -4.02. The summed E-state index contributed by atoms with van der Waals surface area (Å²) < 4.78 is 80.1. The summed E-state index contributed by atoms with van der Waals surface area (Å²) >= 11 is 0. The zero-order valence-corrected chi connectivity index (χ0v) is 22.3. The van der Waals surface area contributed by atoms with Gasteiger partial charge < -0.3 is 5.32 Å². The minimum atomic E-state index is -4.73. The van der Waals surface area contributed by atoms with Crippen LogP contribution in [0.2, 0.25) is 0 Å². The Bertz CT molecular complexity index is 1500. The summed E-state index contributed by atoms with van der Waals surface area (Å²) in [6.07, 6.45) is -0.656. The Hall–Kier alpha value is -3.45. The summed E-state index contributed by atoms with van der Waals surface area (Å²) in [4.78, 5) is 24.2. The molecule has 1 aromatic heterocycles. The minimum Gasteiger partial charge on any atom is -0.349 e. The number of nitrogens with zero attached hydrogens (tertiary/aromatic N) is 4. The molecule has 0 spiro atoms. The van der Waals surface area contributed by atoms with Gasteiger partial charge in [0.1, 0.15) is 11.9 Å². The van der Waals surface area contributed by atoms with Crippen molar-refractivity contribution in [3.8, 4) is 0 Å². The first-order valence-corrected chi connectivity index (χ1v) is 14.2. The fraction of sp³-hybridized carbons (Fsp3) is 0.407. The first-order chi connectivity index (χ1) is 18.9. The smallest absolute Gasteiger partial charge is 0.349 e. The molecule has 2 bridgehead atoms. The van der Waals surface area contributed by atoms with Crippen molar-refractivity contribution in [2.75, 3.05) is 0 Å². The van der Waals surface area contributed by atoms with Crippen molar-refractivity contribution in [2.45, 2.75) is 68.2 Å². The van der Waals surface area contributed by atoms with E-state index >= 15 is 0 Å². The minimum absolute atomic E-state index is 0.00325. The highest BCUT2D eigenvalue weighted by Gasteiger charge is 2.58. The third-order valence-electron chi connectivity index (χ3n) is 7.46. The lowest BCUT2D eigenvalue weighted by Crippen LogP contribution is -2.46. The molecule has 8 nitrogen and oxygen atoms in total. The number of amidine groups is 1. The second-order valence-corrected chi connectivity index (χ2v) is 12.1. The van der Waals surface area contributed by atoms with Crippen LogP contribution in [-0.4, -0.2) is 54.4 Å². The number of fused-ring (bicyclic) bond motifs is 1. The van der Waals surface area contributed by atoms with Crippen LogP contribution in [0.25, 0.3) is 5.57 Å². The van der Waals surface area contributed by atoms with Crippen molar-refractivity contribution in [1.82, 2.24) is 14.6 Å². The molecule has 2 saturated carbocycles. The zero-order chi connectivity index (χ0) is 28.8. The molecule has 13 heteroatoms. The SMILES string of the molecule is C=N/C(=N\C=C(/C)c1cc(CNC(=O)[C@@H]2C3CC(C3)N2S(=O)(=O)c2ccc(F)cc2)nc(C2CC2)c1)C(F)(F)F. The average Bonchev–Trinajstić information content (AvgIpc) is 3.56. The van der Waals surface area contributed by atoms with Crippen molar-refractivity contribution >= 4 is 34.1 Å². The summed E-state index contributed by atoms with van der Waals surface area (Å²) in [5.74, 6) is -2.27. The first-order valence-electron chi connectivity index (χ1n) is 12.7. The molecule has 40 heavy (non-hydrogen) atoms. The molecule has 6 rings (SSSR count). The number of halogens is 4. The number of hydrogen-bond donors (Lipinski definition) is 1. The Morgan fingerprint density at radius 3 is 2.48 bits per heavy atom. The van der Waals surface area contributed by atoms with Crippen LogP contribution in [0.4, 0.5) is 17.6 Å². The van der Waals surface area contributed by atoms with Gasteiger partial charge in [-0.2, -0.15) is 17.5 Å². The molecule has 0 radical (unpaired) electrons. The number of carbonyl (C=O) groups excluding carboxylic acids is 1. The van der Waals surface area contributed by atoms with E-state index in [4.69, 9.17) is 0 Å². The Kier molecular flexibility index (Phi) is 7.38. The Morgan fingerprint density at radius 2 is 1.88 bits per heavy atom. The topological polar surface area (TPSA) is 104 Å². The van der Waals surface area contributed by atoms with Gasteiger partial charge in [-0.15, -0.1) is 0 Å². The lowest BCUT2D eigenvalue weighted by Gasteiger charge is -2.25. The highest BCUT2D eigenvalue weighted by Crippen LogP contribution is 2.48. The van der Waals surface area contributed by atoms with E-state index < -0.39 is 39.8 Å². The van der Waals surface area contributed by atoms with Gasteiger partial charge in [0.2, 0.25) is 21.8 Å². The van der Waals surface area contributed by atoms with Gasteiger partial charge in [-0.3, -0.25) is 9.78 Å². The number of benzene rings is 1. The van der Waals surface area contributed by atoms with Crippen LogP contribution in [0.3, 0.4) is 0 Å². The molecule has 4 aliphatic rings. The average molecular weight is 578 g/mol. The molecule has 1 amide bonds. The Morgan fingerprint density at radius 1 is 1.20 bits per heavy atom. The standard InChI is InChI=1S/C27H27F4N5O3S/c1-15(13-34-26(32-2)27(29,30)31)17-9-20(35-23(12-17)16-3-4-16)14-33-25(37)24-18-10-21(11-18)36(24)40(38,39)22-7-5-19(28)6-8-22/h5-9,12-13,16,18,21,24H,2-4,10-11,14H2,1H3,(H,33,37)/b15-13+,34-26-/t18?,21?,24-/m0/s1. The number of allylic oxidation sites excluding steroid dienone is 1. The number of sulfonamides is 1. The van der Waals surface area contributed by atoms with E-state index in [1.807, 2.05) is 0 Å². The third-order valence-corrected chi connectivity index (χ3v) is 9.41. The summed E-state index contributed by atoms with van der Waals surface area (Å²) in [6, 6.07) is 6.77. The lowest BCUT2D eigenvalue weighted by molar-refractivity contribution is -0.124. The summed E-state index contributed by atoms with van der Waals surface area (Å²) in [6.45, 7) is 4.54. The van der Waals surface area contributed by atoms with Gasteiger partial charge in [0, 0.05) is 23.9 Å². The van der Waals surface area contributed by atoms with Crippen molar-refractivity contribution in [3.63, 3.8) is 0 Å². The third kappa shape index (κ3) is 5.57. The number of aromatic nitrogens is 1. The fourth-order valence-electron chi connectivity index (χ4n) is 5.17. The second-order valence-electron chi connectivity index (χ2n) is 10.3. The largest absolute Gasteiger partial charge is 0.451 e. The van der Waals surface area contributed by atoms with E-state index in [-0.39, 0.29) is 29.3 Å². The maximum absolute atomic E-state index is 13.4. The zero-order valence-electron chi connectivity index (χ0n) is 21.5. The predicted molar refractivity (Wildman–Crippen MR) is 140 cm³/mol. The quantitative estimate of drug-likeness (QED) is 0.282. The number of nitrogens with one attached hydrogen (secondary N) is 1. The van der Waals surface area contributed by atoms with Gasteiger partial charge in [0.15, 0.2) is 0 Å². The highest BCUT2D eigenvalue weighted by atomic mass is 32.2. The van der Waals surface area contributed by atoms with Crippen molar-refractivity contribution in [3.05, 3.63) is 65.4 Å². The fourth-order valence-corrected chi connectivity index (χ4v) is 7.02. The van der Waals surface area contributed by atoms with E-state index in [1.54, 1.807) is 19.1 Å². The molecule has 2 aromatic rings. The predicted octanol–water partition coefficient (Wildman–Crippen LogP) is 4.59. The molecule has 2 saturated heterocycles. The van der Waals surface area contributed by atoms with Gasteiger partial charge >= 0.3 is 6.18 Å². The molecule has 2 aliphatic heterocycles. The first kappa shape index (κ1) is 28.1. The number of aliphatic imine (C=N–C) groups is 2. The van der Waals surface area contributed by atoms with E-state index in [0.717, 1.165) is 36.9 Å². The lowest BCUT2D eigenvalue weighted by atomic mass is 9.83. The maximum atomic E-state index is 13.4. The second kappa shape index (κ2) is 10.5. The highest BCUT2D eigenvalue weighted by molar-refractivity contribution is 7.89. The number of amides is 1. The molecule has 1 aromatic carbocycles. The van der Waals surface area contributed by atoms with Gasteiger partial charge in [-0.1, -0.05) is 0 Å². The number of carbonyl (C=O) groups is 1. The Labute approximate surface area is 229 Å². The Balaban J connectivity index is 1.35. The molecule has 4 fully saturated rings. The van der Waals surface area contributed by atoms with Crippen LogP contribution >= 0.6 is 0 Å². The molecule has 3 heterocycles. The molecule has 212 valence electrons. The van der Waals surface area contributed by atoms with Gasteiger partial charge in [0.05, 0.1) is 17.1 Å². The van der Waals surface area contributed by atoms with Gasteiger partial charge in [-0.05, 0) is 92.8 Å². The van der Waals surface area contributed by atoms with Crippen LogP contribution in [-0.2, 0) is 21.4 Å². The van der Waals surface area contributed by atoms with Crippen LogP contribution < -0.4 is 5.32 Å². The van der Waals surface area contributed by atoms with Crippen LogP contribution in [0, 0.1) is 11.7 Å². The summed E-state index contributed by atoms with van der Waals surface area (Å²) in [5, 5.41) is 2.81. The monoisotopic (exact) mass is 577 g/mol. The van der Waals surface area contributed by atoms with Crippen molar-refractivity contribution < 1.29 is 30.8 Å². The van der Waals surface area contributed by atoms with Crippen molar-refractivity contribution in [1.29, 1.82) is 0 Å². The van der Waals surface area contributed by atoms with E-state index in [1.165, 1.54) is 16.4 Å². The number of alkyl halides is 3. The van der Waals surface area contributed by atoms with E-state index in [2.05, 4.69) is 27.0 Å². The maximum Gasteiger partial charge on any atom is 0.451 e. The van der Waals surface area contributed by atoms with Crippen LogP contribution in [0.15, 0.2) is 57.5 Å². The molecular weight excluding hydrogens is 550 g/mol. The number of pyridine rings is 1. The number of rotatable bonds is 8. The molecular formula is C27H27F4N5O3S. The normalized spacial score (nSPS) is 23.6. The van der Waals surface area contributed by atoms with Gasteiger partial charge in [0.25, 0.3) is 0 Å². The van der Waals surface area contributed by atoms with E-state index in [9.17, 15) is 30.8 Å². The molecule has 0 unspecified atom stereocenters. The van der Waals surface area contributed by atoms with Gasteiger partial charge in [-0.25, -0.2) is 22.8 Å². The summed E-state index contributed by atoms with van der Waals surface area (Å²) in [5.41, 5.74) is 2.29. The number of hydrogen-bond acceptors (Lipinski definition) is 5. The van der Waals surface area contributed by atoms with E-state index in [0.29, 0.717) is 29.7 Å². The molecule has 1 N–H and O–H groups in total. The van der Waals surface area contributed by atoms with Crippen LogP contribution in [0.1, 0.15) is 55.5 Å². The van der Waals surface area contributed by atoms with Crippen LogP contribution in [0.5, 0.6) is 0 Å². The molecule has 1 atom stereocenters.